The molecule has 0 saturated heterocycles. The number of aromatic nitrogens is 5. The topological polar surface area (TPSA) is 107 Å². The van der Waals surface area contributed by atoms with Crippen molar-refractivity contribution in [2.24, 2.45) is 0 Å². The van der Waals surface area contributed by atoms with E-state index in [1.165, 1.54) is 10.7 Å². The lowest BCUT2D eigenvalue weighted by atomic mass is 10.2. The minimum atomic E-state index is -0.449. The minimum Gasteiger partial charge on any atom is -0.497 e. The fourth-order valence-corrected chi connectivity index (χ4v) is 4.04. The molecule has 0 saturated carbocycles. The summed E-state index contributed by atoms with van der Waals surface area (Å²) in [5.41, 5.74) is 2.91. The number of nitrogens with zero attached hydrogens (tertiary/aromatic N) is 4. The fraction of sp³-hybridized carbons (Fsp3) is 0.217. The van der Waals surface area contributed by atoms with Crippen LogP contribution in [0.5, 0.6) is 11.5 Å². The molecular weight excluding hydrogens is 427 g/mol. The maximum atomic E-state index is 14.4. The summed E-state index contributed by atoms with van der Waals surface area (Å²) in [6.45, 7) is 0. The highest BCUT2D eigenvalue weighted by Crippen LogP contribution is 2.32. The first-order valence-corrected chi connectivity index (χ1v) is 10.4. The van der Waals surface area contributed by atoms with Gasteiger partial charge in [-0.25, -0.2) is 9.07 Å². The predicted octanol–water partition coefficient (Wildman–Crippen LogP) is 3.55. The van der Waals surface area contributed by atoms with E-state index in [0.717, 1.165) is 24.1 Å². The van der Waals surface area contributed by atoms with Gasteiger partial charge in [-0.15, -0.1) is 5.10 Å². The van der Waals surface area contributed by atoms with E-state index in [-0.39, 0.29) is 11.6 Å². The molecule has 2 aromatic carbocycles. The number of benzene rings is 2. The molecule has 33 heavy (non-hydrogen) atoms. The molecule has 5 rings (SSSR count). The number of carbonyl (C=O) groups excluding carboxylic acids is 1. The maximum Gasteiger partial charge on any atom is 0.278 e. The zero-order chi connectivity index (χ0) is 22.9. The first kappa shape index (κ1) is 20.7. The Kier molecular flexibility index (Phi) is 5.25. The van der Waals surface area contributed by atoms with Crippen LogP contribution in [0.4, 0.5) is 10.3 Å². The number of aromatic amines is 1. The molecule has 0 spiro atoms. The Morgan fingerprint density at radius 2 is 2.00 bits per heavy atom. The van der Waals surface area contributed by atoms with Crippen LogP contribution < -0.4 is 14.8 Å². The second-order valence-electron chi connectivity index (χ2n) is 7.52. The molecule has 2 heterocycles. The van der Waals surface area contributed by atoms with Gasteiger partial charge < -0.3 is 9.47 Å². The number of anilines is 1. The summed E-state index contributed by atoms with van der Waals surface area (Å²) < 4.78 is 26.5. The van der Waals surface area contributed by atoms with Crippen LogP contribution in [0.2, 0.25) is 0 Å². The van der Waals surface area contributed by atoms with Gasteiger partial charge in [-0.05, 0) is 43.5 Å². The number of rotatable bonds is 6. The van der Waals surface area contributed by atoms with E-state index >= 15 is 0 Å². The minimum absolute atomic E-state index is 0.0973. The molecule has 2 aromatic heterocycles. The second-order valence-corrected chi connectivity index (χ2v) is 7.52. The van der Waals surface area contributed by atoms with Crippen LogP contribution in [0.25, 0.3) is 17.1 Å². The van der Waals surface area contributed by atoms with Gasteiger partial charge in [0.15, 0.2) is 11.5 Å². The van der Waals surface area contributed by atoms with Crippen LogP contribution in [-0.2, 0) is 12.8 Å². The largest absolute Gasteiger partial charge is 0.497 e. The van der Waals surface area contributed by atoms with Crippen molar-refractivity contribution in [2.45, 2.75) is 19.3 Å². The molecule has 0 aliphatic heterocycles. The Balaban J connectivity index is 1.43. The standard InChI is InChI=1S/C23H21FN6O3/c1-32-13-10-11-15(19(12-13)33-2)21-25-23(28-27-21)26-22(31)20-14-6-5-9-17(14)30(29-20)18-8-4-3-7-16(18)24/h3-4,7-8,10-12H,5-6,9H2,1-2H3,(H2,25,26,27,28,31). The summed E-state index contributed by atoms with van der Waals surface area (Å²) in [7, 11) is 3.12. The summed E-state index contributed by atoms with van der Waals surface area (Å²) in [5.74, 6) is 0.865. The lowest BCUT2D eigenvalue weighted by Gasteiger charge is -2.07. The summed E-state index contributed by atoms with van der Waals surface area (Å²) >= 11 is 0. The van der Waals surface area contributed by atoms with Gasteiger partial charge in [0, 0.05) is 17.3 Å². The zero-order valence-corrected chi connectivity index (χ0v) is 18.1. The van der Waals surface area contributed by atoms with Gasteiger partial charge in [0.05, 0.1) is 19.8 Å². The summed E-state index contributed by atoms with van der Waals surface area (Å²) in [6.07, 6.45) is 2.31. The van der Waals surface area contributed by atoms with E-state index in [2.05, 4.69) is 25.6 Å². The molecule has 0 atom stereocenters. The SMILES string of the molecule is COc1ccc(-c2nc(NC(=O)c3nn(-c4ccccc4F)c4c3CCC4)n[nH]2)c(OC)c1. The van der Waals surface area contributed by atoms with Crippen molar-refractivity contribution in [1.29, 1.82) is 0 Å². The number of methoxy groups -OCH3 is 2. The molecule has 1 amide bonds. The van der Waals surface area contributed by atoms with Crippen molar-refractivity contribution in [1.82, 2.24) is 25.0 Å². The first-order valence-electron chi connectivity index (χ1n) is 10.4. The molecule has 2 N–H and O–H groups in total. The normalized spacial score (nSPS) is 12.5. The molecule has 9 nitrogen and oxygen atoms in total. The van der Waals surface area contributed by atoms with Crippen LogP contribution in [-0.4, -0.2) is 45.1 Å². The molecular formula is C23H21FN6O3. The van der Waals surface area contributed by atoms with E-state index in [4.69, 9.17) is 9.47 Å². The number of hydrogen-bond donors (Lipinski definition) is 2. The van der Waals surface area contributed by atoms with E-state index < -0.39 is 11.7 Å². The van der Waals surface area contributed by atoms with Crippen molar-refractivity contribution in [3.8, 4) is 28.6 Å². The van der Waals surface area contributed by atoms with Crippen LogP contribution in [0.1, 0.15) is 28.2 Å². The van der Waals surface area contributed by atoms with Crippen LogP contribution in [0.15, 0.2) is 42.5 Å². The van der Waals surface area contributed by atoms with Gasteiger partial charge in [0.25, 0.3) is 5.91 Å². The van der Waals surface area contributed by atoms with Crippen LogP contribution in [0, 0.1) is 5.82 Å². The molecule has 168 valence electrons. The molecule has 0 bridgehead atoms. The Morgan fingerprint density at radius 3 is 2.79 bits per heavy atom. The predicted molar refractivity (Wildman–Crippen MR) is 118 cm³/mol. The third-order valence-corrected chi connectivity index (χ3v) is 5.60. The maximum absolute atomic E-state index is 14.4. The Bertz CT molecular complexity index is 1350. The van der Waals surface area contributed by atoms with Crippen molar-refractivity contribution in [3.05, 3.63) is 65.2 Å². The average molecular weight is 448 g/mol. The van der Waals surface area contributed by atoms with Crippen molar-refractivity contribution in [2.75, 3.05) is 19.5 Å². The number of carbonyl (C=O) groups is 1. The molecule has 10 heteroatoms. The van der Waals surface area contributed by atoms with Gasteiger partial charge in [-0.3, -0.25) is 15.2 Å². The number of H-pyrrole nitrogens is 1. The lowest BCUT2D eigenvalue weighted by Crippen LogP contribution is -2.16. The summed E-state index contributed by atoms with van der Waals surface area (Å²) in [4.78, 5) is 17.4. The summed E-state index contributed by atoms with van der Waals surface area (Å²) in [6, 6.07) is 11.7. The van der Waals surface area contributed by atoms with Gasteiger partial charge in [-0.2, -0.15) is 10.1 Å². The molecule has 0 fully saturated rings. The molecule has 4 aromatic rings. The quantitative estimate of drug-likeness (QED) is 0.467. The van der Waals surface area contributed by atoms with E-state index in [0.29, 0.717) is 35.0 Å². The van der Waals surface area contributed by atoms with Gasteiger partial charge >= 0.3 is 0 Å². The van der Waals surface area contributed by atoms with Gasteiger partial charge in [-0.1, -0.05) is 12.1 Å². The monoisotopic (exact) mass is 448 g/mol. The molecule has 0 unspecified atom stereocenters. The average Bonchev–Trinajstić information content (AvgIpc) is 3.56. The number of halogens is 1. The second kappa shape index (κ2) is 8.38. The highest BCUT2D eigenvalue weighted by Gasteiger charge is 2.28. The number of amides is 1. The third-order valence-electron chi connectivity index (χ3n) is 5.60. The Hall–Kier alpha value is -4.21. The fourth-order valence-electron chi connectivity index (χ4n) is 4.04. The lowest BCUT2D eigenvalue weighted by molar-refractivity contribution is 0.102. The number of para-hydroxylation sites is 1. The van der Waals surface area contributed by atoms with Gasteiger partial charge in [0.1, 0.15) is 23.0 Å². The van der Waals surface area contributed by atoms with Crippen molar-refractivity contribution < 1.29 is 18.7 Å². The molecule has 1 aliphatic rings. The van der Waals surface area contributed by atoms with E-state index in [1.807, 2.05) is 0 Å². The van der Waals surface area contributed by atoms with E-state index in [1.54, 1.807) is 50.6 Å². The third kappa shape index (κ3) is 3.69. The summed E-state index contributed by atoms with van der Waals surface area (Å²) in [5, 5.41) is 14.0. The van der Waals surface area contributed by atoms with Crippen LogP contribution >= 0.6 is 0 Å². The molecule has 1 aliphatic carbocycles. The highest BCUT2D eigenvalue weighted by molar-refractivity contribution is 6.03. The smallest absolute Gasteiger partial charge is 0.278 e. The molecule has 0 radical (unpaired) electrons. The van der Waals surface area contributed by atoms with Gasteiger partial charge in [0.2, 0.25) is 5.95 Å². The zero-order valence-electron chi connectivity index (χ0n) is 18.1. The van der Waals surface area contributed by atoms with E-state index in [9.17, 15) is 9.18 Å². The number of fused-ring (bicyclic) bond motifs is 1. The van der Waals surface area contributed by atoms with Crippen LogP contribution in [0.3, 0.4) is 0 Å². The first-order chi connectivity index (χ1) is 16.1. The highest BCUT2D eigenvalue weighted by atomic mass is 19.1. The van der Waals surface area contributed by atoms with Crippen molar-refractivity contribution >= 4 is 11.9 Å². The Morgan fingerprint density at radius 1 is 1.15 bits per heavy atom. The number of hydrogen-bond acceptors (Lipinski definition) is 6. The number of ether oxygens (including phenoxy) is 2. The van der Waals surface area contributed by atoms with Crippen molar-refractivity contribution in [3.63, 3.8) is 0 Å². The number of nitrogens with one attached hydrogen (secondary N) is 2. The Labute approximate surface area is 188 Å².